The molecule has 152 valence electrons. The van der Waals surface area contributed by atoms with Crippen LogP contribution in [0, 0.1) is 0 Å². The summed E-state index contributed by atoms with van der Waals surface area (Å²) in [6.45, 7) is -0.442. The van der Waals surface area contributed by atoms with Crippen molar-refractivity contribution in [3.05, 3.63) is 27.7 Å². The number of hydrogen-bond acceptors (Lipinski definition) is 4. The Morgan fingerprint density at radius 3 is 2.85 bits per heavy atom. The number of guanidine groups is 1. The molecule has 1 aliphatic heterocycles. The lowest BCUT2D eigenvalue weighted by Gasteiger charge is -2.16. The fraction of sp³-hybridized carbons (Fsp3) is 0.588. The molecule has 1 atom stereocenters. The summed E-state index contributed by atoms with van der Waals surface area (Å²) in [6.07, 6.45) is 2.29. The van der Waals surface area contributed by atoms with Crippen LogP contribution in [-0.4, -0.2) is 52.1 Å². The minimum atomic E-state index is -2.99. The molecular formula is C17H23Cl2F2N3O3. The zero-order valence-electron chi connectivity index (χ0n) is 14.9. The van der Waals surface area contributed by atoms with Gasteiger partial charge in [0.15, 0.2) is 5.96 Å². The number of alkyl halides is 2. The summed E-state index contributed by atoms with van der Waals surface area (Å²) in [7, 11) is 1.60. The lowest BCUT2D eigenvalue weighted by atomic mass is 10.2. The number of ether oxygens (including phenoxy) is 3. The molecule has 0 aromatic heterocycles. The minimum absolute atomic E-state index is 0.0186. The molecule has 0 spiro atoms. The molecule has 1 unspecified atom stereocenters. The van der Waals surface area contributed by atoms with Gasteiger partial charge in [0.25, 0.3) is 0 Å². The Kier molecular flexibility index (Phi) is 9.33. The van der Waals surface area contributed by atoms with Crippen LogP contribution in [0.25, 0.3) is 0 Å². The molecule has 1 aromatic rings. The molecule has 1 heterocycles. The molecule has 1 aliphatic rings. The Balaban J connectivity index is 1.79. The summed E-state index contributed by atoms with van der Waals surface area (Å²) in [5.74, 6) is 0.369. The van der Waals surface area contributed by atoms with E-state index in [4.69, 9.17) is 32.7 Å². The number of nitrogens with zero attached hydrogens (tertiary/aromatic N) is 1. The van der Waals surface area contributed by atoms with E-state index in [-0.39, 0.29) is 23.4 Å². The molecule has 10 heteroatoms. The summed E-state index contributed by atoms with van der Waals surface area (Å²) in [6, 6.07) is 2.86. The van der Waals surface area contributed by atoms with Crippen LogP contribution >= 0.6 is 23.2 Å². The molecule has 2 rings (SSSR count). The lowest BCUT2D eigenvalue weighted by Crippen LogP contribution is -2.38. The summed E-state index contributed by atoms with van der Waals surface area (Å²) < 4.78 is 40.8. The van der Waals surface area contributed by atoms with Gasteiger partial charge >= 0.3 is 6.61 Å². The van der Waals surface area contributed by atoms with Crippen molar-refractivity contribution in [3.63, 3.8) is 0 Å². The van der Waals surface area contributed by atoms with E-state index < -0.39 is 6.61 Å². The van der Waals surface area contributed by atoms with Crippen molar-refractivity contribution in [3.8, 4) is 5.75 Å². The smallest absolute Gasteiger partial charge is 0.387 e. The molecule has 1 aromatic carbocycles. The second-order valence-electron chi connectivity index (χ2n) is 5.82. The first-order valence-electron chi connectivity index (χ1n) is 8.56. The first kappa shape index (κ1) is 21.9. The Hall–Kier alpha value is -1.35. The molecule has 0 saturated carbocycles. The highest BCUT2D eigenvalue weighted by Crippen LogP contribution is 2.33. The van der Waals surface area contributed by atoms with Crippen molar-refractivity contribution >= 4 is 29.2 Å². The molecule has 0 aliphatic carbocycles. The van der Waals surface area contributed by atoms with E-state index in [9.17, 15) is 8.78 Å². The number of halogens is 4. The zero-order valence-corrected chi connectivity index (χ0v) is 16.5. The maximum Gasteiger partial charge on any atom is 0.387 e. The van der Waals surface area contributed by atoms with Gasteiger partial charge in [0, 0.05) is 37.3 Å². The van der Waals surface area contributed by atoms with Gasteiger partial charge in [0.05, 0.1) is 24.3 Å². The van der Waals surface area contributed by atoms with Crippen molar-refractivity contribution in [2.45, 2.75) is 32.1 Å². The van der Waals surface area contributed by atoms with Gasteiger partial charge in [-0.1, -0.05) is 23.2 Å². The number of benzene rings is 1. The van der Waals surface area contributed by atoms with E-state index in [0.717, 1.165) is 19.4 Å². The van der Waals surface area contributed by atoms with Crippen molar-refractivity contribution in [1.29, 1.82) is 0 Å². The van der Waals surface area contributed by atoms with Crippen LogP contribution in [0.15, 0.2) is 17.1 Å². The summed E-state index contributed by atoms with van der Waals surface area (Å²) in [5, 5.41) is 6.42. The highest BCUT2D eigenvalue weighted by Gasteiger charge is 2.16. The van der Waals surface area contributed by atoms with Gasteiger partial charge in [-0.15, -0.1) is 0 Å². The van der Waals surface area contributed by atoms with Gasteiger partial charge in [-0.25, -0.2) is 0 Å². The highest BCUT2D eigenvalue weighted by molar-refractivity contribution is 6.35. The summed E-state index contributed by atoms with van der Waals surface area (Å²) in [4.78, 5) is 4.07. The van der Waals surface area contributed by atoms with Crippen molar-refractivity contribution in [1.82, 2.24) is 10.6 Å². The normalized spacial score (nSPS) is 17.4. The first-order chi connectivity index (χ1) is 13.0. The second-order valence-corrected chi connectivity index (χ2v) is 6.66. The van der Waals surface area contributed by atoms with Crippen LogP contribution in [-0.2, 0) is 16.0 Å². The maximum absolute atomic E-state index is 12.6. The number of aliphatic imine (C=N–C) groups is 1. The molecule has 0 amide bonds. The second kappa shape index (κ2) is 11.5. The third-order valence-electron chi connectivity index (χ3n) is 3.83. The Morgan fingerprint density at radius 2 is 2.19 bits per heavy atom. The predicted octanol–water partition coefficient (Wildman–Crippen LogP) is 3.46. The van der Waals surface area contributed by atoms with Crippen LogP contribution in [0.2, 0.25) is 10.0 Å². The Bertz CT molecular complexity index is 630. The standard InChI is InChI=1S/C17H23Cl2F2N3O3/c1-22-17(23-4-6-25-10-13-3-2-5-26-13)24-9-11-7-12(18)8-14(19)15(11)27-16(20)21/h7-8,13,16H,2-6,9-10H2,1H3,(H2,22,23,24). The highest BCUT2D eigenvalue weighted by atomic mass is 35.5. The number of nitrogens with one attached hydrogen (secondary N) is 2. The molecular weight excluding hydrogens is 403 g/mol. The van der Waals surface area contributed by atoms with Crippen molar-refractivity contribution < 1.29 is 23.0 Å². The van der Waals surface area contributed by atoms with Gasteiger partial charge < -0.3 is 24.8 Å². The van der Waals surface area contributed by atoms with E-state index in [0.29, 0.717) is 36.3 Å². The van der Waals surface area contributed by atoms with Gasteiger partial charge in [0.2, 0.25) is 0 Å². The van der Waals surface area contributed by atoms with E-state index >= 15 is 0 Å². The van der Waals surface area contributed by atoms with E-state index in [1.165, 1.54) is 12.1 Å². The van der Waals surface area contributed by atoms with Crippen LogP contribution in [0.4, 0.5) is 8.78 Å². The molecule has 6 nitrogen and oxygen atoms in total. The molecule has 0 bridgehead atoms. The third kappa shape index (κ3) is 7.65. The number of hydrogen-bond donors (Lipinski definition) is 2. The van der Waals surface area contributed by atoms with E-state index in [2.05, 4.69) is 20.4 Å². The average molecular weight is 426 g/mol. The minimum Gasteiger partial charge on any atom is -0.433 e. The summed E-state index contributed by atoms with van der Waals surface area (Å²) >= 11 is 11.9. The van der Waals surface area contributed by atoms with Crippen LogP contribution in [0.5, 0.6) is 5.75 Å². The molecule has 27 heavy (non-hydrogen) atoms. The predicted molar refractivity (Wildman–Crippen MR) is 101 cm³/mol. The summed E-state index contributed by atoms with van der Waals surface area (Å²) in [5.41, 5.74) is 0.394. The third-order valence-corrected chi connectivity index (χ3v) is 4.33. The molecule has 1 saturated heterocycles. The van der Waals surface area contributed by atoms with Gasteiger partial charge in [-0.2, -0.15) is 8.78 Å². The maximum atomic E-state index is 12.6. The topological polar surface area (TPSA) is 64.1 Å². The molecule has 1 fully saturated rings. The zero-order chi connectivity index (χ0) is 19.6. The number of rotatable bonds is 9. The SMILES string of the molecule is CN=C(NCCOCC1CCCO1)NCc1cc(Cl)cc(Cl)c1OC(F)F. The quantitative estimate of drug-likeness (QED) is 0.360. The Labute approximate surface area is 167 Å². The lowest BCUT2D eigenvalue weighted by molar-refractivity contribution is -0.0504. The molecule has 0 radical (unpaired) electrons. The van der Waals surface area contributed by atoms with Crippen LogP contribution in [0.3, 0.4) is 0 Å². The van der Waals surface area contributed by atoms with E-state index in [1.807, 2.05) is 0 Å². The van der Waals surface area contributed by atoms with Gasteiger partial charge in [-0.3, -0.25) is 4.99 Å². The van der Waals surface area contributed by atoms with Crippen molar-refractivity contribution in [2.75, 3.05) is 33.4 Å². The monoisotopic (exact) mass is 425 g/mol. The molecule has 2 N–H and O–H groups in total. The fourth-order valence-corrected chi connectivity index (χ4v) is 3.18. The van der Waals surface area contributed by atoms with Gasteiger partial charge in [0.1, 0.15) is 5.75 Å². The largest absolute Gasteiger partial charge is 0.433 e. The van der Waals surface area contributed by atoms with Gasteiger partial charge in [-0.05, 0) is 25.0 Å². The van der Waals surface area contributed by atoms with E-state index in [1.54, 1.807) is 7.05 Å². The van der Waals surface area contributed by atoms with Crippen LogP contribution < -0.4 is 15.4 Å². The van der Waals surface area contributed by atoms with Crippen molar-refractivity contribution in [2.24, 2.45) is 4.99 Å². The fourth-order valence-electron chi connectivity index (χ4n) is 2.60. The first-order valence-corrected chi connectivity index (χ1v) is 9.31. The average Bonchev–Trinajstić information content (AvgIpc) is 3.13. The Morgan fingerprint density at radius 1 is 1.37 bits per heavy atom. The van der Waals surface area contributed by atoms with Crippen LogP contribution in [0.1, 0.15) is 18.4 Å².